The molecule has 4 aromatic rings. The molecule has 0 fully saturated rings. The highest BCUT2D eigenvalue weighted by Crippen LogP contribution is 2.28. The second kappa shape index (κ2) is 10.5. The number of hydrogen-bond acceptors (Lipinski definition) is 3. The van der Waals surface area contributed by atoms with Gasteiger partial charge in [-0.15, -0.1) is 0 Å². The van der Waals surface area contributed by atoms with Gasteiger partial charge in [-0.3, -0.25) is 0 Å². The fraction of sp³-hybridized carbons (Fsp3) is 0. The molecule has 8 heteroatoms. The molecule has 0 aliphatic rings. The van der Waals surface area contributed by atoms with Crippen LogP contribution in [0.4, 0.5) is 0 Å². The van der Waals surface area contributed by atoms with Crippen LogP contribution >= 0.6 is 23.2 Å². The predicted molar refractivity (Wildman–Crippen MR) is 130 cm³/mol. The van der Waals surface area contributed by atoms with Gasteiger partial charge in [0.2, 0.25) is 0 Å². The molecule has 2 unspecified atom stereocenters. The van der Waals surface area contributed by atoms with Crippen molar-refractivity contribution in [3.63, 3.8) is 0 Å². The largest absolute Gasteiger partial charge is 0.606 e. The Balaban J connectivity index is 1.47. The Labute approximate surface area is 205 Å². The van der Waals surface area contributed by atoms with Gasteiger partial charge < -0.3 is 13.7 Å². The molecule has 0 bridgehead atoms. The lowest BCUT2D eigenvalue weighted by molar-refractivity contribution is 0.591. The summed E-state index contributed by atoms with van der Waals surface area (Å²) in [6.45, 7) is 0. The lowest BCUT2D eigenvalue weighted by atomic mass is 10.4. The summed E-state index contributed by atoms with van der Waals surface area (Å²) in [6.07, 6.45) is 0. The van der Waals surface area contributed by atoms with Gasteiger partial charge in [0.1, 0.15) is 0 Å². The van der Waals surface area contributed by atoms with Crippen LogP contribution < -0.4 is 0 Å². The molecule has 0 radical (unpaired) electrons. The van der Waals surface area contributed by atoms with Gasteiger partial charge in [-0.2, -0.15) is 0 Å². The zero-order valence-electron chi connectivity index (χ0n) is 16.4. The van der Waals surface area contributed by atoms with Crippen LogP contribution in [0, 0.1) is 0 Å². The highest BCUT2D eigenvalue weighted by Gasteiger charge is 2.21. The summed E-state index contributed by atoms with van der Waals surface area (Å²) < 4.78 is 38.4. The Morgan fingerprint density at radius 1 is 0.344 bits per heavy atom. The van der Waals surface area contributed by atoms with Gasteiger partial charge in [-0.05, 0) is 97.1 Å². The summed E-state index contributed by atoms with van der Waals surface area (Å²) in [5.41, 5.74) is 0. The molecule has 0 saturated carbocycles. The van der Waals surface area contributed by atoms with E-state index < -0.39 is 33.5 Å². The van der Waals surface area contributed by atoms with Crippen LogP contribution in [0.1, 0.15) is 0 Å². The second-order valence-corrected chi connectivity index (χ2v) is 12.0. The minimum atomic E-state index is -1.42. The molecule has 162 valence electrons. The van der Waals surface area contributed by atoms with Crippen LogP contribution in [0.3, 0.4) is 0 Å². The molecule has 0 N–H and O–H groups in total. The van der Waals surface area contributed by atoms with Crippen LogP contribution in [-0.4, -0.2) is 13.7 Å². The van der Waals surface area contributed by atoms with E-state index in [0.29, 0.717) is 39.4 Å². The Bertz CT molecular complexity index is 1070. The van der Waals surface area contributed by atoms with E-state index in [1.165, 1.54) is 0 Å². The average molecular weight is 519 g/mol. The molecule has 4 aromatic carbocycles. The van der Waals surface area contributed by atoms with Gasteiger partial charge >= 0.3 is 0 Å². The molecule has 0 aliphatic heterocycles. The normalized spacial score (nSPS) is 14.0. The van der Waals surface area contributed by atoms with Crippen molar-refractivity contribution in [1.29, 1.82) is 0 Å². The van der Waals surface area contributed by atoms with E-state index in [-0.39, 0.29) is 0 Å². The summed E-state index contributed by atoms with van der Waals surface area (Å²) in [4.78, 5) is 3.70. The van der Waals surface area contributed by atoms with Gasteiger partial charge in [0.05, 0.1) is 0 Å². The maximum Gasteiger partial charge on any atom is 0.158 e. The van der Waals surface area contributed by atoms with Crippen molar-refractivity contribution in [2.45, 2.75) is 29.4 Å². The third-order valence-corrected chi connectivity index (χ3v) is 9.27. The summed E-state index contributed by atoms with van der Waals surface area (Å²) in [7, 11) is 0. The summed E-state index contributed by atoms with van der Waals surface area (Å²) >= 11 is 7.66. The van der Waals surface area contributed by atoms with Gasteiger partial charge in [-0.1, -0.05) is 23.2 Å². The van der Waals surface area contributed by atoms with E-state index in [0.717, 1.165) is 0 Å². The summed E-state index contributed by atoms with van der Waals surface area (Å²) in [5.74, 6) is 0. The Hall–Kier alpha value is -1.61. The van der Waals surface area contributed by atoms with E-state index >= 15 is 0 Å². The minimum absolute atomic E-state index is 0.583. The number of hydrogen-bond donors (Lipinski definition) is 0. The molecule has 4 rings (SSSR count). The van der Waals surface area contributed by atoms with Crippen LogP contribution in [0.15, 0.2) is 126 Å². The fourth-order valence-corrected chi connectivity index (χ4v) is 6.27. The Morgan fingerprint density at radius 2 is 0.500 bits per heavy atom. The minimum Gasteiger partial charge on any atom is -0.606 e. The van der Waals surface area contributed by atoms with Gasteiger partial charge in [0.25, 0.3) is 0 Å². The molecule has 32 heavy (non-hydrogen) atoms. The maximum absolute atomic E-state index is 13.0. The van der Waals surface area contributed by atoms with Crippen molar-refractivity contribution < 1.29 is 13.7 Å². The van der Waals surface area contributed by atoms with E-state index in [2.05, 4.69) is 0 Å². The zero-order chi connectivity index (χ0) is 22.7. The number of benzene rings is 4. The van der Waals surface area contributed by atoms with Crippen molar-refractivity contribution >= 4 is 56.7 Å². The summed E-state index contributed by atoms with van der Waals surface area (Å²) in [6, 6.07) is 27.3. The Kier molecular flexibility index (Phi) is 7.76. The SMILES string of the molecule is [O-][S+](c1ccc(Cl)cc1)c1ccc([S+]([O-])c2ccc([S+]([O-])c3ccc(Cl)cc3)cc2)cc1. The number of halogens is 2. The Morgan fingerprint density at radius 3 is 0.688 bits per heavy atom. The highest BCUT2D eigenvalue weighted by atomic mass is 35.5. The monoisotopic (exact) mass is 518 g/mol. The molecule has 0 aliphatic carbocycles. The first kappa shape index (κ1) is 23.5. The maximum atomic E-state index is 13.0. The number of rotatable bonds is 6. The molecule has 0 saturated heterocycles. The van der Waals surface area contributed by atoms with Crippen LogP contribution in [0.2, 0.25) is 10.0 Å². The van der Waals surface area contributed by atoms with Gasteiger partial charge in [-0.25, -0.2) is 0 Å². The smallest absolute Gasteiger partial charge is 0.158 e. The van der Waals surface area contributed by atoms with Crippen molar-refractivity contribution in [2.75, 3.05) is 0 Å². The van der Waals surface area contributed by atoms with E-state index in [1.807, 2.05) is 0 Å². The first-order chi connectivity index (χ1) is 15.4. The third-order valence-electron chi connectivity index (χ3n) is 4.56. The first-order valence-electron chi connectivity index (χ1n) is 9.39. The molecule has 0 aromatic heterocycles. The van der Waals surface area contributed by atoms with E-state index in [4.69, 9.17) is 23.2 Å². The zero-order valence-corrected chi connectivity index (χ0v) is 20.4. The molecule has 0 heterocycles. The van der Waals surface area contributed by atoms with Crippen molar-refractivity contribution in [3.05, 3.63) is 107 Å². The fourth-order valence-electron chi connectivity index (χ4n) is 2.90. The molecular weight excluding hydrogens is 503 g/mol. The van der Waals surface area contributed by atoms with Gasteiger partial charge in [0, 0.05) is 43.6 Å². The summed E-state index contributed by atoms with van der Waals surface area (Å²) in [5, 5.41) is 1.17. The van der Waals surface area contributed by atoms with E-state index in [1.54, 1.807) is 97.1 Å². The standard InChI is InChI=1S/C24H16Cl2O3S3/c25-17-1-5-19(6-2-17)30(27)21-9-13-23(14-10-21)32(29)24-15-11-22(12-16-24)31(28)20-7-3-18(26)4-8-20/h1-16H. The van der Waals surface area contributed by atoms with Crippen LogP contribution in [0.5, 0.6) is 0 Å². The topological polar surface area (TPSA) is 69.2 Å². The highest BCUT2D eigenvalue weighted by molar-refractivity contribution is 7.92. The average Bonchev–Trinajstić information content (AvgIpc) is 2.84. The van der Waals surface area contributed by atoms with Gasteiger partial charge in [0.15, 0.2) is 29.4 Å². The van der Waals surface area contributed by atoms with Crippen LogP contribution in [-0.2, 0) is 33.5 Å². The molecule has 0 amide bonds. The second-order valence-electron chi connectivity index (χ2n) is 6.66. The van der Waals surface area contributed by atoms with Crippen molar-refractivity contribution in [2.24, 2.45) is 0 Å². The van der Waals surface area contributed by atoms with Crippen LogP contribution in [0.25, 0.3) is 0 Å². The third kappa shape index (κ3) is 5.47. The van der Waals surface area contributed by atoms with Crippen molar-refractivity contribution in [3.8, 4) is 0 Å². The molecule has 0 spiro atoms. The molecule has 2 atom stereocenters. The lowest BCUT2D eigenvalue weighted by Crippen LogP contribution is -2.06. The van der Waals surface area contributed by atoms with E-state index in [9.17, 15) is 13.7 Å². The molecular formula is C24H16Cl2O3S3. The quantitative estimate of drug-likeness (QED) is 0.273. The molecule has 3 nitrogen and oxygen atoms in total. The lowest BCUT2D eigenvalue weighted by Gasteiger charge is -2.13. The predicted octanol–water partition coefficient (Wildman–Crippen LogP) is 6.49. The van der Waals surface area contributed by atoms with Crippen molar-refractivity contribution in [1.82, 2.24) is 0 Å². The first-order valence-corrected chi connectivity index (χ1v) is 13.6.